The van der Waals surface area contributed by atoms with Crippen LogP contribution in [0.2, 0.25) is 5.02 Å². The van der Waals surface area contributed by atoms with Crippen molar-refractivity contribution in [1.82, 2.24) is 14.6 Å². The molecule has 1 saturated heterocycles. The molecule has 3 heterocycles. The first-order valence-electron chi connectivity index (χ1n) is 15.3. The normalized spacial score (nSPS) is 19.0. The second-order valence-corrected chi connectivity index (χ2v) is 12.2. The molecule has 1 aliphatic rings. The fraction of sp³-hybridized carbons (Fsp3) is 0.581. The minimum atomic E-state index is -1.79. The molecule has 4 rings (SSSR count). The Kier molecular flexibility index (Phi) is 13.7. The maximum Gasteiger partial charge on any atom is 0.397 e. The molecule has 2 N–H and O–H groups in total. The molecule has 0 radical (unpaired) electrons. The number of rotatable bonds is 20. The van der Waals surface area contributed by atoms with Crippen LogP contribution in [0.15, 0.2) is 42.7 Å². The van der Waals surface area contributed by atoms with E-state index in [4.69, 9.17) is 40.4 Å². The summed E-state index contributed by atoms with van der Waals surface area (Å²) in [6.45, 7) is 3.89. The second-order valence-electron chi connectivity index (χ2n) is 10.7. The highest BCUT2D eigenvalue weighted by molar-refractivity contribution is 7.42. The standard InChI is InChI=1S/C31H43ClN5O5P/c1-2-3-4-5-6-7-8-9-12-19-38-20-21-39-43(42-28-14-11-10-13-26(28)32)40-22-25-17-18-31(23-33,41-25)29-16-15-27-30(34)35-24-36-37(27)29/h10-11,13-16,24-25H,2-9,12,17-22H2,1H3,(H2,34,35,36). The lowest BCUT2D eigenvalue weighted by Gasteiger charge is -2.23. The van der Waals surface area contributed by atoms with Gasteiger partial charge in [0.25, 0.3) is 0 Å². The zero-order chi connectivity index (χ0) is 30.3. The average molecular weight is 632 g/mol. The van der Waals surface area contributed by atoms with Crippen LogP contribution in [0, 0.1) is 11.3 Å². The molecule has 0 spiro atoms. The Hall–Kier alpha value is -2.51. The number of nitrogens with zero attached hydrogens (tertiary/aromatic N) is 4. The van der Waals surface area contributed by atoms with E-state index < -0.39 is 14.2 Å². The summed E-state index contributed by atoms with van der Waals surface area (Å²) in [6.07, 6.45) is 13.6. The largest absolute Gasteiger partial charge is 0.425 e. The number of nitrogen functional groups attached to an aromatic ring is 1. The van der Waals surface area contributed by atoms with Crippen LogP contribution in [0.3, 0.4) is 0 Å². The third-order valence-corrected chi connectivity index (χ3v) is 8.87. The highest BCUT2D eigenvalue weighted by Crippen LogP contribution is 2.45. The van der Waals surface area contributed by atoms with Crippen molar-refractivity contribution in [3.8, 4) is 11.8 Å². The number of halogens is 1. The van der Waals surface area contributed by atoms with Crippen molar-refractivity contribution in [2.75, 3.05) is 32.2 Å². The number of nitrogens with two attached hydrogens (primary N) is 1. The van der Waals surface area contributed by atoms with Crippen molar-refractivity contribution < 1.29 is 23.0 Å². The molecule has 3 aromatic rings. The van der Waals surface area contributed by atoms with Crippen LogP contribution in [-0.4, -0.2) is 47.1 Å². The van der Waals surface area contributed by atoms with Gasteiger partial charge in [-0.15, -0.1) is 0 Å². The molecule has 3 atom stereocenters. The van der Waals surface area contributed by atoms with E-state index in [1.165, 1.54) is 57.7 Å². The summed E-state index contributed by atoms with van der Waals surface area (Å²) in [5.41, 5.74) is 6.03. The molecule has 3 unspecified atom stereocenters. The minimum absolute atomic E-state index is 0.180. The van der Waals surface area contributed by atoms with Gasteiger partial charge in [-0.3, -0.25) is 4.52 Å². The Labute approximate surface area is 260 Å². The maximum atomic E-state index is 10.1. The van der Waals surface area contributed by atoms with E-state index in [1.807, 2.05) is 12.1 Å². The Bertz CT molecular complexity index is 1310. The lowest BCUT2D eigenvalue weighted by Crippen LogP contribution is -2.28. The number of benzene rings is 1. The molecule has 0 bridgehead atoms. The lowest BCUT2D eigenvalue weighted by molar-refractivity contribution is -0.0305. The summed E-state index contributed by atoms with van der Waals surface area (Å²) in [6, 6.07) is 13.1. The van der Waals surface area contributed by atoms with Gasteiger partial charge in [0.15, 0.2) is 11.4 Å². The summed E-state index contributed by atoms with van der Waals surface area (Å²) in [7, 11) is -1.79. The number of para-hydroxylation sites is 1. The monoisotopic (exact) mass is 631 g/mol. The van der Waals surface area contributed by atoms with E-state index in [9.17, 15) is 5.26 Å². The van der Waals surface area contributed by atoms with Crippen LogP contribution in [0.5, 0.6) is 5.75 Å². The SMILES string of the molecule is CCCCCCCCCCCOCCOP(OCC1CCC(C#N)(c2ccc3c(N)ncnn23)O1)Oc1ccccc1Cl. The number of anilines is 1. The topological polar surface area (TPSA) is 126 Å². The van der Waals surface area contributed by atoms with Gasteiger partial charge in [0.2, 0.25) is 0 Å². The van der Waals surface area contributed by atoms with Gasteiger partial charge in [-0.05, 0) is 43.5 Å². The molecule has 0 aliphatic carbocycles. The van der Waals surface area contributed by atoms with Crippen LogP contribution in [0.1, 0.15) is 83.2 Å². The number of fused-ring (bicyclic) bond motifs is 1. The first-order valence-corrected chi connectivity index (χ1v) is 16.8. The summed E-state index contributed by atoms with van der Waals surface area (Å²) < 4.78 is 31.7. The molecule has 12 heteroatoms. The number of hydrogen-bond acceptors (Lipinski definition) is 9. The second kappa shape index (κ2) is 17.7. The van der Waals surface area contributed by atoms with Crippen molar-refractivity contribution in [1.29, 1.82) is 5.26 Å². The van der Waals surface area contributed by atoms with E-state index in [1.54, 1.807) is 28.8 Å². The van der Waals surface area contributed by atoms with Gasteiger partial charge in [-0.2, -0.15) is 10.4 Å². The van der Waals surface area contributed by atoms with Crippen molar-refractivity contribution in [2.45, 2.75) is 89.3 Å². The minimum Gasteiger partial charge on any atom is -0.425 e. The van der Waals surface area contributed by atoms with E-state index in [-0.39, 0.29) is 12.7 Å². The predicted octanol–water partition coefficient (Wildman–Crippen LogP) is 7.75. The van der Waals surface area contributed by atoms with Crippen LogP contribution in [0.4, 0.5) is 5.82 Å². The van der Waals surface area contributed by atoms with Crippen molar-refractivity contribution in [3.63, 3.8) is 0 Å². The zero-order valence-corrected chi connectivity index (χ0v) is 26.6. The van der Waals surface area contributed by atoms with E-state index in [2.05, 4.69) is 23.1 Å². The van der Waals surface area contributed by atoms with Crippen molar-refractivity contribution in [3.05, 3.63) is 53.4 Å². The quantitative estimate of drug-likeness (QED) is 0.0983. The number of aromatic nitrogens is 3. The van der Waals surface area contributed by atoms with Crippen LogP contribution in [0.25, 0.3) is 5.52 Å². The fourth-order valence-corrected chi connectivity index (χ4v) is 6.33. The first kappa shape index (κ1) is 33.4. The molecular weight excluding hydrogens is 589 g/mol. The Morgan fingerprint density at radius 3 is 2.58 bits per heavy atom. The molecule has 43 heavy (non-hydrogen) atoms. The molecule has 1 fully saturated rings. The number of unbranched alkanes of at least 4 members (excludes halogenated alkanes) is 8. The number of nitriles is 1. The summed E-state index contributed by atoms with van der Waals surface area (Å²) in [5, 5.41) is 14.9. The third kappa shape index (κ3) is 9.74. The summed E-state index contributed by atoms with van der Waals surface area (Å²) >= 11 is 6.32. The van der Waals surface area contributed by atoms with Crippen molar-refractivity contribution >= 4 is 31.5 Å². The van der Waals surface area contributed by atoms with Gasteiger partial charge in [0, 0.05) is 6.61 Å². The molecule has 10 nitrogen and oxygen atoms in total. The molecule has 1 aliphatic heterocycles. The van der Waals surface area contributed by atoms with E-state index >= 15 is 0 Å². The van der Waals surface area contributed by atoms with Gasteiger partial charge in [-0.25, -0.2) is 9.50 Å². The summed E-state index contributed by atoms with van der Waals surface area (Å²) in [4.78, 5) is 4.02. The van der Waals surface area contributed by atoms with E-state index in [0.29, 0.717) is 60.5 Å². The first-order chi connectivity index (χ1) is 21.1. The van der Waals surface area contributed by atoms with Gasteiger partial charge in [0.1, 0.15) is 23.7 Å². The molecule has 234 valence electrons. The summed E-state index contributed by atoms with van der Waals surface area (Å²) in [5.74, 6) is 0.811. The van der Waals surface area contributed by atoms with Crippen LogP contribution in [-0.2, 0) is 24.1 Å². The lowest BCUT2D eigenvalue weighted by atomic mass is 9.98. The van der Waals surface area contributed by atoms with Gasteiger partial charge in [-0.1, -0.05) is 82.0 Å². The smallest absolute Gasteiger partial charge is 0.397 e. The molecule has 0 amide bonds. The molecule has 0 saturated carbocycles. The Morgan fingerprint density at radius 2 is 1.81 bits per heavy atom. The van der Waals surface area contributed by atoms with Crippen molar-refractivity contribution in [2.24, 2.45) is 0 Å². The third-order valence-electron chi connectivity index (χ3n) is 7.45. The number of hydrogen-bond donors (Lipinski definition) is 1. The number of ether oxygens (including phenoxy) is 2. The Morgan fingerprint density at radius 1 is 1.05 bits per heavy atom. The fourth-order valence-electron chi connectivity index (χ4n) is 5.09. The highest BCUT2D eigenvalue weighted by atomic mass is 35.5. The average Bonchev–Trinajstić information content (AvgIpc) is 3.65. The maximum absolute atomic E-state index is 10.1. The van der Waals surface area contributed by atoms with Gasteiger partial charge in [0.05, 0.1) is 36.6 Å². The molecule has 1 aromatic carbocycles. The Balaban J connectivity index is 1.23. The van der Waals surface area contributed by atoms with Gasteiger partial charge >= 0.3 is 8.60 Å². The predicted molar refractivity (Wildman–Crippen MR) is 168 cm³/mol. The van der Waals surface area contributed by atoms with Gasteiger partial charge < -0.3 is 24.3 Å². The molecule has 2 aromatic heterocycles. The highest BCUT2D eigenvalue weighted by Gasteiger charge is 2.45. The molecular formula is C31H43ClN5O5P. The van der Waals surface area contributed by atoms with Crippen LogP contribution >= 0.6 is 20.2 Å². The zero-order valence-electron chi connectivity index (χ0n) is 25.0. The van der Waals surface area contributed by atoms with Crippen LogP contribution < -0.4 is 10.3 Å². The van der Waals surface area contributed by atoms with E-state index in [0.717, 1.165) is 6.42 Å².